The molecule has 0 aromatic heterocycles. The molecule has 0 radical (unpaired) electrons. The maximum absolute atomic E-state index is 8.85. The number of aliphatic hydroxyl groups excluding tert-OH is 1. The number of alkyl halides is 1. The van der Waals surface area contributed by atoms with E-state index in [9.17, 15) is 0 Å². The molecule has 3 heteroatoms. The third-order valence-corrected chi connectivity index (χ3v) is 2.27. The van der Waals surface area contributed by atoms with Crippen LogP contribution in [-0.2, 0) is 11.9 Å². The average molecular weight is 226 g/mol. The quantitative estimate of drug-likeness (QED) is 0.783. The molecule has 0 saturated heterocycles. The second-order valence-corrected chi connectivity index (χ2v) is 2.96. The Bertz CT molecular complexity index is 317. The maximum atomic E-state index is 8.85. The van der Waals surface area contributed by atoms with Gasteiger partial charge in [-0.15, -0.1) is 0 Å². The largest absolute Gasteiger partial charge is 0.392 e. The molecule has 0 unspecified atom stereocenters. The minimum absolute atomic E-state index is 0.0779. The first-order valence-corrected chi connectivity index (χ1v) is 4.62. The second-order valence-electron chi connectivity index (χ2n) is 2.40. The van der Waals surface area contributed by atoms with Gasteiger partial charge < -0.3 is 5.11 Å². The molecule has 1 rings (SSSR count). The predicted molar refractivity (Wildman–Crippen MR) is 49.7 cm³/mol. The molecule has 0 aliphatic rings. The molecule has 0 amide bonds. The lowest BCUT2D eigenvalue weighted by molar-refractivity contribution is 0.281. The number of aliphatic hydroxyl groups is 1. The van der Waals surface area contributed by atoms with E-state index in [0.717, 1.165) is 10.9 Å². The van der Waals surface area contributed by atoms with Gasteiger partial charge in [-0.05, 0) is 17.2 Å². The lowest BCUT2D eigenvalue weighted by atomic mass is 10.1. The van der Waals surface area contributed by atoms with Crippen LogP contribution in [0, 0.1) is 11.3 Å². The first-order valence-electron chi connectivity index (χ1n) is 3.50. The van der Waals surface area contributed by atoms with Crippen molar-refractivity contribution in [2.45, 2.75) is 11.9 Å². The van der Waals surface area contributed by atoms with E-state index >= 15 is 0 Å². The lowest BCUT2D eigenvalue weighted by Gasteiger charge is -2.01. The standard InChI is InChI=1S/C9H8BrNO/c10-4-7-1-2-8(6-12)9(3-7)5-11/h1-3,12H,4,6H2. The van der Waals surface area contributed by atoms with Crippen molar-refractivity contribution in [3.8, 4) is 6.07 Å². The third-order valence-electron chi connectivity index (χ3n) is 1.62. The van der Waals surface area contributed by atoms with Crippen LogP contribution in [0.25, 0.3) is 0 Å². The summed E-state index contributed by atoms with van der Waals surface area (Å²) in [7, 11) is 0. The van der Waals surface area contributed by atoms with Crippen molar-refractivity contribution in [1.82, 2.24) is 0 Å². The van der Waals surface area contributed by atoms with Crippen LogP contribution in [0.2, 0.25) is 0 Å². The number of nitriles is 1. The molecule has 0 atom stereocenters. The SMILES string of the molecule is N#Cc1cc(CBr)ccc1CO. The van der Waals surface area contributed by atoms with Crippen LogP contribution in [0.5, 0.6) is 0 Å². The molecule has 0 spiro atoms. The smallest absolute Gasteiger partial charge is 0.0995 e. The minimum Gasteiger partial charge on any atom is -0.392 e. The Morgan fingerprint density at radius 1 is 1.50 bits per heavy atom. The van der Waals surface area contributed by atoms with Gasteiger partial charge in [0.25, 0.3) is 0 Å². The molecule has 0 saturated carbocycles. The van der Waals surface area contributed by atoms with Gasteiger partial charge in [-0.2, -0.15) is 5.26 Å². The highest BCUT2D eigenvalue weighted by atomic mass is 79.9. The summed E-state index contributed by atoms with van der Waals surface area (Å²) in [6.45, 7) is -0.0779. The molecule has 0 aliphatic heterocycles. The van der Waals surface area contributed by atoms with Gasteiger partial charge in [0, 0.05) is 5.33 Å². The highest BCUT2D eigenvalue weighted by molar-refractivity contribution is 9.08. The number of nitrogens with zero attached hydrogens (tertiary/aromatic N) is 1. The Morgan fingerprint density at radius 2 is 2.25 bits per heavy atom. The Morgan fingerprint density at radius 3 is 2.75 bits per heavy atom. The van der Waals surface area contributed by atoms with Gasteiger partial charge in [0.05, 0.1) is 18.2 Å². The van der Waals surface area contributed by atoms with E-state index in [0.29, 0.717) is 11.1 Å². The Balaban J connectivity index is 3.13. The van der Waals surface area contributed by atoms with Gasteiger partial charge in [0.1, 0.15) is 0 Å². The van der Waals surface area contributed by atoms with Gasteiger partial charge in [-0.1, -0.05) is 28.1 Å². The fourth-order valence-electron chi connectivity index (χ4n) is 0.949. The van der Waals surface area contributed by atoms with Crippen LogP contribution in [0.4, 0.5) is 0 Å². The summed E-state index contributed by atoms with van der Waals surface area (Å²) in [5.74, 6) is 0. The number of hydrogen-bond donors (Lipinski definition) is 1. The Labute approximate surface area is 79.6 Å². The normalized spacial score (nSPS) is 9.42. The van der Waals surface area contributed by atoms with Gasteiger partial charge in [0.15, 0.2) is 0 Å². The first kappa shape index (κ1) is 9.24. The predicted octanol–water partition coefficient (Wildman–Crippen LogP) is 1.95. The average Bonchev–Trinajstić information content (AvgIpc) is 2.16. The van der Waals surface area contributed by atoms with Crippen molar-refractivity contribution in [2.75, 3.05) is 0 Å². The van der Waals surface area contributed by atoms with Crippen molar-refractivity contribution in [3.05, 3.63) is 34.9 Å². The van der Waals surface area contributed by atoms with Crippen molar-refractivity contribution in [3.63, 3.8) is 0 Å². The fraction of sp³-hybridized carbons (Fsp3) is 0.222. The van der Waals surface area contributed by atoms with Gasteiger partial charge in [-0.3, -0.25) is 0 Å². The monoisotopic (exact) mass is 225 g/mol. The molecule has 62 valence electrons. The molecule has 2 nitrogen and oxygen atoms in total. The van der Waals surface area contributed by atoms with E-state index in [1.165, 1.54) is 0 Å². The van der Waals surface area contributed by atoms with Crippen molar-refractivity contribution < 1.29 is 5.11 Å². The van der Waals surface area contributed by atoms with Crippen LogP contribution < -0.4 is 0 Å². The summed E-state index contributed by atoms with van der Waals surface area (Å²) in [4.78, 5) is 0. The van der Waals surface area contributed by atoms with Crippen molar-refractivity contribution in [1.29, 1.82) is 5.26 Å². The van der Waals surface area contributed by atoms with Gasteiger partial charge in [0.2, 0.25) is 0 Å². The molecule has 0 fully saturated rings. The van der Waals surface area contributed by atoms with Crippen molar-refractivity contribution >= 4 is 15.9 Å². The third kappa shape index (κ3) is 1.84. The topological polar surface area (TPSA) is 44.0 Å². The highest BCUT2D eigenvalue weighted by Crippen LogP contribution is 2.13. The zero-order chi connectivity index (χ0) is 8.97. The van der Waals surface area contributed by atoms with E-state index in [2.05, 4.69) is 15.9 Å². The molecule has 0 heterocycles. The van der Waals surface area contributed by atoms with E-state index in [-0.39, 0.29) is 6.61 Å². The first-order chi connectivity index (χ1) is 5.81. The van der Waals surface area contributed by atoms with Crippen molar-refractivity contribution in [2.24, 2.45) is 0 Å². The molecule has 1 aromatic rings. The number of hydrogen-bond acceptors (Lipinski definition) is 2. The molecular formula is C9H8BrNO. The van der Waals surface area contributed by atoms with Gasteiger partial charge in [-0.25, -0.2) is 0 Å². The van der Waals surface area contributed by atoms with Crippen LogP contribution in [0.15, 0.2) is 18.2 Å². The maximum Gasteiger partial charge on any atom is 0.0995 e. The zero-order valence-corrected chi connectivity index (χ0v) is 8.00. The molecule has 0 aliphatic carbocycles. The molecular weight excluding hydrogens is 218 g/mol. The summed E-state index contributed by atoms with van der Waals surface area (Å²) in [5, 5.41) is 18.3. The zero-order valence-electron chi connectivity index (χ0n) is 6.42. The van der Waals surface area contributed by atoms with E-state index in [1.807, 2.05) is 12.1 Å². The minimum atomic E-state index is -0.0779. The Kier molecular flexibility index (Phi) is 3.27. The summed E-state index contributed by atoms with van der Waals surface area (Å²) in [6.07, 6.45) is 0. The fourth-order valence-corrected chi connectivity index (χ4v) is 1.30. The molecule has 0 bridgehead atoms. The van der Waals surface area contributed by atoms with Gasteiger partial charge >= 0.3 is 0 Å². The number of rotatable bonds is 2. The number of benzene rings is 1. The summed E-state index contributed by atoms with van der Waals surface area (Å²) in [5.41, 5.74) is 2.28. The van der Waals surface area contributed by atoms with Crippen LogP contribution >= 0.6 is 15.9 Å². The molecule has 1 aromatic carbocycles. The van der Waals surface area contributed by atoms with Crippen LogP contribution in [-0.4, -0.2) is 5.11 Å². The summed E-state index contributed by atoms with van der Waals surface area (Å²) >= 11 is 3.30. The second kappa shape index (κ2) is 4.24. The van der Waals surface area contributed by atoms with E-state index < -0.39 is 0 Å². The molecule has 1 N–H and O–H groups in total. The summed E-state index contributed by atoms with van der Waals surface area (Å²) < 4.78 is 0. The van der Waals surface area contributed by atoms with E-state index in [4.69, 9.17) is 10.4 Å². The summed E-state index contributed by atoms with van der Waals surface area (Å²) in [6, 6.07) is 7.48. The highest BCUT2D eigenvalue weighted by Gasteiger charge is 2.00. The van der Waals surface area contributed by atoms with Crippen LogP contribution in [0.3, 0.4) is 0 Å². The Hall–Kier alpha value is -0.850. The van der Waals surface area contributed by atoms with Crippen LogP contribution in [0.1, 0.15) is 16.7 Å². The number of halogens is 1. The van der Waals surface area contributed by atoms with E-state index in [1.54, 1.807) is 12.1 Å². The molecule has 12 heavy (non-hydrogen) atoms. The lowest BCUT2D eigenvalue weighted by Crippen LogP contribution is -1.90.